The summed E-state index contributed by atoms with van der Waals surface area (Å²) in [5.74, 6) is 0.707. The van der Waals surface area contributed by atoms with E-state index in [1.54, 1.807) is 0 Å². The maximum Gasteiger partial charge on any atom is 0.106 e. The van der Waals surface area contributed by atoms with E-state index in [-0.39, 0.29) is 0 Å². The standard InChI is InChI=1S/C15H23BrN2S/c1-3-5-6-11(4-2)10-18-14-9-12(16)7-8-13(14)15(17)19/h7-9,11,18H,3-6,10H2,1-2H3,(H2,17,19). The fourth-order valence-electron chi connectivity index (χ4n) is 2.08. The number of rotatable bonds is 8. The van der Waals surface area contributed by atoms with Crippen molar-refractivity contribution in [3.05, 3.63) is 28.2 Å². The first-order valence-corrected chi connectivity index (χ1v) is 8.11. The molecular formula is C15H23BrN2S. The molecule has 0 aliphatic carbocycles. The first kappa shape index (κ1) is 16.4. The molecule has 0 saturated carbocycles. The van der Waals surface area contributed by atoms with Crippen molar-refractivity contribution in [3.8, 4) is 0 Å². The number of hydrogen-bond donors (Lipinski definition) is 2. The molecule has 1 atom stereocenters. The smallest absolute Gasteiger partial charge is 0.106 e. The molecular weight excluding hydrogens is 320 g/mol. The topological polar surface area (TPSA) is 38.0 Å². The Morgan fingerprint density at radius 2 is 2.16 bits per heavy atom. The molecule has 4 heteroatoms. The second-order valence-corrected chi connectivity index (χ2v) is 6.21. The maximum atomic E-state index is 5.76. The highest BCUT2D eigenvalue weighted by molar-refractivity contribution is 9.10. The molecule has 3 N–H and O–H groups in total. The molecule has 106 valence electrons. The summed E-state index contributed by atoms with van der Waals surface area (Å²) in [6.45, 7) is 5.46. The highest BCUT2D eigenvalue weighted by Gasteiger charge is 2.09. The van der Waals surface area contributed by atoms with Crippen molar-refractivity contribution in [2.75, 3.05) is 11.9 Å². The lowest BCUT2D eigenvalue weighted by molar-refractivity contribution is 0.473. The Hall–Kier alpha value is -0.610. The van der Waals surface area contributed by atoms with Crippen molar-refractivity contribution in [1.29, 1.82) is 0 Å². The summed E-state index contributed by atoms with van der Waals surface area (Å²) in [7, 11) is 0. The fourth-order valence-corrected chi connectivity index (χ4v) is 2.61. The molecule has 1 aromatic rings. The highest BCUT2D eigenvalue weighted by Crippen LogP contribution is 2.23. The molecule has 19 heavy (non-hydrogen) atoms. The molecule has 0 saturated heterocycles. The van der Waals surface area contributed by atoms with Crippen LogP contribution in [0.15, 0.2) is 22.7 Å². The third-order valence-corrected chi connectivity index (χ3v) is 4.08. The highest BCUT2D eigenvalue weighted by atomic mass is 79.9. The van der Waals surface area contributed by atoms with E-state index in [0.717, 1.165) is 22.3 Å². The van der Waals surface area contributed by atoms with Gasteiger partial charge in [0, 0.05) is 22.3 Å². The van der Waals surface area contributed by atoms with Crippen LogP contribution in [-0.4, -0.2) is 11.5 Å². The zero-order chi connectivity index (χ0) is 14.3. The summed E-state index contributed by atoms with van der Waals surface area (Å²) in [6, 6.07) is 5.97. The molecule has 0 radical (unpaired) electrons. The van der Waals surface area contributed by atoms with Gasteiger partial charge >= 0.3 is 0 Å². The van der Waals surface area contributed by atoms with Gasteiger partial charge in [-0.15, -0.1) is 0 Å². The lowest BCUT2D eigenvalue weighted by Crippen LogP contribution is -2.17. The zero-order valence-electron chi connectivity index (χ0n) is 11.7. The van der Waals surface area contributed by atoms with Crippen LogP contribution < -0.4 is 11.1 Å². The minimum absolute atomic E-state index is 0.441. The minimum Gasteiger partial charge on any atom is -0.389 e. The molecule has 0 spiro atoms. The summed E-state index contributed by atoms with van der Waals surface area (Å²) in [5.41, 5.74) is 7.70. The third-order valence-electron chi connectivity index (χ3n) is 3.37. The Bertz CT molecular complexity index is 421. The van der Waals surface area contributed by atoms with Crippen LogP contribution in [0.3, 0.4) is 0 Å². The number of nitrogens with two attached hydrogens (primary N) is 1. The summed E-state index contributed by atoms with van der Waals surface area (Å²) in [5, 5.41) is 3.50. The predicted octanol–water partition coefficient (Wildman–Crippen LogP) is 4.71. The van der Waals surface area contributed by atoms with E-state index in [4.69, 9.17) is 18.0 Å². The quantitative estimate of drug-likeness (QED) is 0.671. The van der Waals surface area contributed by atoms with Gasteiger partial charge < -0.3 is 11.1 Å². The normalized spacial score (nSPS) is 12.2. The van der Waals surface area contributed by atoms with Crippen molar-refractivity contribution in [2.24, 2.45) is 11.7 Å². The molecule has 0 fully saturated rings. The Morgan fingerprint density at radius 1 is 1.42 bits per heavy atom. The van der Waals surface area contributed by atoms with E-state index in [9.17, 15) is 0 Å². The summed E-state index contributed by atoms with van der Waals surface area (Å²) >= 11 is 8.58. The second-order valence-electron chi connectivity index (χ2n) is 4.85. The van der Waals surface area contributed by atoms with E-state index in [2.05, 4.69) is 35.1 Å². The monoisotopic (exact) mass is 342 g/mol. The van der Waals surface area contributed by atoms with Crippen LogP contribution in [0, 0.1) is 5.92 Å². The van der Waals surface area contributed by atoms with Crippen molar-refractivity contribution in [2.45, 2.75) is 39.5 Å². The van der Waals surface area contributed by atoms with Gasteiger partial charge in [-0.25, -0.2) is 0 Å². The summed E-state index contributed by atoms with van der Waals surface area (Å²) < 4.78 is 1.04. The van der Waals surface area contributed by atoms with Gasteiger partial charge in [0.15, 0.2) is 0 Å². The van der Waals surface area contributed by atoms with Crippen LogP contribution in [0.1, 0.15) is 45.1 Å². The Morgan fingerprint density at radius 3 is 2.74 bits per heavy atom. The van der Waals surface area contributed by atoms with E-state index in [1.165, 1.54) is 25.7 Å². The zero-order valence-corrected chi connectivity index (χ0v) is 14.1. The summed E-state index contributed by atoms with van der Waals surface area (Å²) in [6.07, 6.45) is 5.02. The molecule has 1 unspecified atom stereocenters. The van der Waals surface area contributed by atoms with Crippen molar-refractivity contribution in [3.63, 3.8) is 0 Å². The van der Waals surface area contributed by atoms with Crippen LogP contribution in [-0.2, 0) is 0 Å². The average Bonchev–Trinajstić information content (AvgIpc) is 2.38. The third kappa shape index (κ3) is 5.49. The summed E-state index contributed by atoms with van der Waals surface area (Å²) in [4.78, 5) is 0.441. The van der Waals surface area contributed by atoms with Crippen molar-refractivity contribution >= 4 is 38.8 Å². The molecule has 0 aliphatic heterocycles. The minimum atomic E-state index is 0.441. The van der Waals surface area contributed by atoms with E-state index in [0.29, 0.717) is 10.9 Å². The Kier molecular flexibility index (Phi) is 7.39. The van der Waals surface area contributed by atoms with E-state index >= 15 is 0 Å². The molecule has 1 rings (SSSR count). The number of benzene rings is 1. The molecule has 2 nitrogen and oxygen atoms in total. The number of nitrogens with one attached hydrogen (secondary N) is 1. The maximum absolute atomic E-state index is 5.76. The largest absolute Gasteiger partial charge is 0.389 e. The first-order valence-electron chi connectivity index (χ1n) is 6.91. The number of unbranched alkanes of at least 4 members (excludes halogenated alkanes) is 1. The van der Waals surface area contributed by atoms with Crippen LogP contribution in [0.25, 0.3) is 0 Å². The molecule has 0 aliphatic rings. The van der Waals surface area contributed by atoms with Gasteiger partial charge in [-0.05, 0) is 30.5 Å². The number of thiocarbonyl (C=S) groups is 1. The number of halogens is 1. The number of anilines is 1. The van der Waals surface area contributed by atoms with Gasteiger partial charge in [-0.3, -0.25) is 0 Å². The van der Waals surface area contributed by atoms with Crippen LogP contribution >= 0.6 is 28.1 Å². The van der Waals surface area contributed by atoms with Gasteiger partial charge in [0.05, 0.1) is 0 Å². The average molecular weight is 343 g/mol. The molecule has 0 bridgehead atoms. The van der Waals surface area contributed by atoms with Gasteiger partial charge in [0.2, 0.25) is 0 Å². The van der Waals surface area contributed by atoms with E-state index in [1.807, 2.05) is 18.2 Å². The van der Waals surface area contributed by atoms with Crippen molar-refractivity contribution < 1.29 is 0 Å². The fraction of sp³-hybridized carbons (Fsp3) is 0.533. The van der Waals surface area contributed by atoms with Crippen LogP contribution in [0.4, 0.5) is 5.69 Å². The van der Waals surface area contributed by atoms with Crippen molar-refractivity contribution in [1.82, 2.24) is 0 Å². The first-order chi connectivity index (χ1) is 9.08. The van der Waals surface area contributed by atoms with Gasteiger partial charge in [0.1, 0.15) is 4.99 Å². The molecule has 1 aromatic carbocycles. The lowest BCUT2D eigenvalue weighted by Gasteiger charge is -2.18. The Balaban J connectivity index is 2.70. The van der Waals surface area contributed by atoms with Gasteiger partial charge in [-0.2, -0.15) is 0 Å². The lowest BCUT2D eigenvalue weighted by atomic mass is 9.99. The molecule has 0 amide bonds. The van der Waals surface area contributed by atoms with Crippen LogP contribution in [0.2, 0.25) is 0 Å². The Labute approximate surface area is 130 Å². The predicted molar refractivity (Wildman–Crippen MR) is 91.8 cm³/mol. The SMILES string of the molecule is CCCCC(CC)CNc1cc(Br)ccc1C(N)=S. The second kappa shape index (κ2) is 8.54. The van der Waals surface area contributed by atoms with Gasteiger partial charge in [0.25, 0.3) is 0 Å². The van der Waals surface area contributed by atoms with E-state index < -0.39 is 0 Å². The molecule has 0 aromatic heterocycles. The van der Waals surface area contributed by atoms with Gasteiger partial charge in [-0.1, -0.05) is 61.3 Å². The van der Waals surface area contributed by atoms with Crippen LogP contribution in [0.5, 0.6) is 0 Å². The molecule has 0 heterocycles. The number of hydrogen-bond acceptors (Lipinski definition) is 2.